The maximum atomic E-state index is 13.1. The Morgan fingerprint density at radius 2 is 1.96 bits per heavy atom. The third kappa shape index (κ3) is 4.47. The molecule has 0 aromatic heterocycles. The molecule has 0 aliphatic carbocycles. The Balaban J connectivity index is 2.35. The van der Waals surface area contributed by atoms with Crippen LogP contribution in [0.1, 0.15) is 37.8 Å². The zero-order valence-electron chi connectivity index (χ0n) is 16.3. The number of carbonyl (C=O) groups excluding carboxylic acids is 2. The molecule has 8 heteroatoms. The van der Waals surface area contributed by atoms with Crippen LogP contribution in [0.4, 0.5) is 4.79 Å². The number of hydrogen-bond acceptors (Lipinski definition) is 5. The minimum absolute atomic E-state index is 0.102. The van der Waals surface area contributed by atoms with Crippen LogP contribution < -0.4 is 0 Å². The van der Waals surface area contributed by atoms with Crippen LogP contribution >= 0.6 is 11.8 Å². The van der Waals surface area contributed by atoms with Crippen LogP contribution in [0.25, 0.3) is 0 Å². The number of nitriles is 1. The fourth-order valence-corrected chi connectivity index (χ4v) is 3.79. The second kappa shape index (κ2) is 9.60. The van der Waals surface area contributed by atoms with Gasteiger partial charge in [0, 0.05) is 6.54 Å². The number of urea groups is 1. The summed E-state index contributed by atoms with van der Waals surface area (Å²) in [5.41, 5.74) is 1.29. The molecular formula is C20H25N3O4S. The second-order valence-corrected chi connectivity index (χ2v) is 7.88. The molecule has 0 spiro atoms. The Morgan fingerprint density at radius 3 is 2.46 bits per heavy atom. The van der Waals surface area contributed by atoms with Crippen LogP contribution in [0.3, 0.4) is 0 Å². The molecule has 0 bridgehead atoms. The van der Waals surface area contributed by atoms with Crippen molar-refractivity contribution >= 4 is 29.7 Å². The summed E-state index contributed by atoms with van der Waals surface area (Å²) in [6.07, 6.45) is 2.75. The SMILES string of the molecule is CCC(C)C1C(=O)N(C(CCSC)C(=O)O)C(=O)N1Cc1ccc(C#N)cc1. The van der Waals surface area contributed by atoms with E-state index in [0.29, 0.717) is 17.7 Å². The largest absolute Gasteiger partial charge is 0.480 e. The van der Waals surface area contributed by atoms with Crippen LogP contribution in [0, 0.1) is 17.2 Å². The molecule has 1 aliphatic heterocycles. The predicted molar refractivity (Wildman–Crippen MR) is 107 cm³/mol. The fraction of sp³-hybridized carbons (Fsp3) is 0.500. The van der Waals surface area contributed by atoms with E-state index in [1.165, 1.54) is 16.7 Å². The van der Waals surface area contributed by atoms with E-state index < -0.39 is 30.0 Å². The van der Waals surface area contributed by atoms with Crippen molar-refractivity contribution < 1.29 is 19.5 Å². The maximum Gasteiger partial charge on any atom is 0.328 e. The molecule has 0 radical (unpaired) electrons. The van der Waals surface area contributed by atoms with E-state index in [9.17, 15) is 19.5 Å². The van der Waals surface area contributed by atoms with Gasteiger partial charge in [-0.3, -0.25) is 4.79 Å². The van der Waals surface area contributed by atoms with Crippen molar-refractivity contribution in [2.24, 2.45) is 5.92 Å². The Labute approximate surface area is 169 Å². The molecule has 1 aromatic rings. The number of hydrogen-bond donors (Lipinski definition) is 1. The van der Waals surface area contributed by atoms with E-state index in [0.717, 1.165) is 10.5 Å². The molecule has 3 unspecified atom stereocenters. The van der Waals surface area contributed by atoms with Gasteiger partial charge in [-0.25, -0.2) is 14.5 Å². The molecule has 1 fully saturated rings. The van der Waals surface area contributed by atoms with Crippen molar-refractivity contribution in [1.82, 2.24) is 9.80 Å². The van der Waals surface area contributed by atoms with Gasteiger partial charge in [-0.2, -0.15) is 17.0 Å². The van der Waals surface area contributed by atoms with Crippen molar-refractivity contribution in [2.75, 3.05) is 12.0 Å². The van der Waals surface area contributed by atoms with E-state index in [4.69, 9.17) is 5.26 Å². The average molecular weight is 404 g/mol. The molecule has 1 N–H and O–H groups in total. The Bertz CT molecular complexity index is 775. The normalized spacial score (nSPS) is 18.9. The molecule has 1 saturated heterocycles. The summed E-state index contributed by atoms with van der Waals surface area (Å²) in [6, 6.07) is 6.44. The van der Waals surface area contributed by atoms with Gasteiger partial charge in [0.25, 0.3) is 5.91 Å². The first-order valence-electron chi connectivity index (χ1n) is 9.20. The second-order valence-electron chi connectivity index (χ2n) is 6.89. The number of carboxylic acids is 1. The van der Waals surface area contributed by atoms with Crippen LogP contribution in [-0.4, -0.2) is 56.9 Å². The van der Waals surface area contributed by atoms with Gasteiger partial charge in [0.1, 0.15) is 12.1 Å². The molecule has 3 amide bonds. The number of rotatable bonds is 9. The molecule has 3 atom stereocenters. The molecule has 1 aromatic carbocycles. The zero-order chi connectivity index (χ0) is 20.8. The third-order valence-corrected chi connectivity index (χ3v) is 5.73. The van der Waals surface area contributed by atoms with Gasteiger partial charge < -0.3 is 10.0 Å². The lowest BCUT2D eigenvalue weighted by Gasteiger charge is -2.26. The minimum atomic E-state index is -1.17. The molecule has 1 aliphatic rings. The highest BCUT2D eigenvalue weighted by molar-refractivity contribution is 7.98. The summed E-state index contributed by atoms with van der Waals surface area (Å²) in [7, 11) is 0. The number of benzene rings is 1. The number of nitrogens with zero attached hydrogens (tertiary/aromatic N) is 3. The van der Waals surface area contributed by atoms with Crippen molar-refractivity contribution in [2.45, 2.75) is 45.3 Å². The smallest absolute Gasteiger partial charge is 0.328 e. The molecule has 2 rings (SSSR count). The molecular weight excluding hydrogens is 378 g/mol. The first kappa shape index (κ1) is 21.8. The first-order chi connectivity index (χ1) is 13.3. The highest BCUT2D eigenvalue weighted by Crippen LogP contribution is 2.30. The number of aliphatic carboxylic acids is 1. The predicted octanol–water partition coefficient (Wildman–Crippen LogP) is 2.94. The van der Waals surface area contributed by atoms with E-state index in [-0.39, 0.29) is 18.9 Å². The standard InChI is InChI=1S/C20H25N3O4S/c1-4-13(2)17-18(24)23(16(19(25)26)9-10-28-3)20(27)22(17)12-15-7-5-14(11-21)6-8-15/h5-8,13,16-17H,4,9-10,12H2,1-3H3,(H,25,26). The van der Waals surface area contributed by atoms with E-state index in [1.54, 1.807) is 24.3 Å². The Kier molecular flexibility index (Phi) is 7.46. The zero-order valence-corrected chi connectivity index (χ0v) is 17.1. The van der Waals surface area contributed by atoms with Gasteiger partial charge in [-0.15, -0.1) is 0 Å². The third-order valence-electron chi connectivity index (χ3n) is 5.09. The summed E-state index contributed by atoms with van der Waals surface area (Å²) in [5, 5.41) is 18.5. The van der Waals surface area contributed by atoms with Crippen LogP contribution in [0.5, 0.6) is 0 Å². The van der Waals surface area contributed by atoms with Crippen molar-refractivity contribution in [1.29, 1.82) is 5.26 Å². The van der Waals surface area contributed by atoms with Crippen LogP contribution in [-0.2, 0) is 16.1 Å². The maximum absolute atomic E-state index is 13.1. The topological polar surface area (TPSA) is 102 Å². The average Bonchev–Trinajstić information content (AvgIpc) is 2.92. The molecule has 150 valence electrons. The number of amides is 3. The van der Waals surface area contributed by atoms with Gasteiger partial charge in [0.05, 0.1) is 11.6 Å². The quantitative estimate of drug-likeness (QED) is 0.636. The molecule has 28 heavy (non-hydrogen) atoms. The van der Waals surface area contributed by atoms with Gasteiger partial charge in [-0.1, -0.05) is 32.4 Å². The first-order valence-corrected chi connectivity index (χ1v) is 10.6. The van der Waals surface area contributed by atoms with Crippen molar-refractivity contribution in [3.05, 3.63) is 35.4 Å². The highest BCUT2D eigenvalue weighted by Gasteiger charge is 2.51. The Hall–Kier alpha value is -2.53. The molecule has 0 saturated carbocycles. The lowest BCUT2D eigenvalue weighted by atomic mass is 9.97. The summed E-state index contributed by atoms with van der Waals surface area (Å²) in [6.45, 7) is 4.02. The number of carboxylic acid groups (broad SMARTS) is 1. The lowest BCUT2D eigenvalue weighted by molar-refractivity contribution is -0.147. The number of carbonyl (C=O) groups is 3. The van der Waals surface area contributed by atoms with Crippen molar-refractivity contribution in [3.8, 4) is 6.07 Å². The lowest BCUT2D eigenvalue weighted by Crippen LogP contribution is -2.46. The summed E-state index contributed by atoms with van der Waals surface area (Å²) < 4.78 is 0. The summed E-state index contributed by atoms with van der Waals surface area (Å²) in [5.74, 6) is -1.17. The molecule has 7 nitrogen and oxygen atoms in total. The monoisotopic (exact) mass is 403 g/mol. The van der Waals surface area contributed by atoms with E-state index >= 15 is 0 Å². The van der Waals surface area contributed by atoms with Gasteiger partial charge in [-0.05, 0) is 42.0 Å². The highest BCUT2D eigenvalue weighted by atomic mass is 32.2. The van der Waals surface area contributed by atoms with Gasteiger partial charge >= 0.3 is 12.0 Å². The summed E-state index contributed by atoms with van der Waals surface area (Å²) in [4.78, 5) is 40.3. The van der Waals surface area contributed by atoms with E-state index in [1.807, 2.05) is 26.2 Å². The minimum Gasteiger partial charge on any atom is -0.480 e. The van der Waals surface area contributed by atoms with Gasteiger partial charge in [0.15, 0.2) is 0 Å². The van der Waals surface area contributed by atoms with Crippen LogP contribution in [0.15, 0.2) is 24.3 Å². The number of thioether (sulfide) groups is 1. The number of imide groups is 1. The van der Waals surface area contributed by atoms with E-state index in [2.05, 4.69) is 0 Å². The molecule has 1 heterocycles. The van der Waals surface area contributed by atoms with Gasteiger partial charge in [0.2, 0.25) is 0 Å². The Morgan fingerprint density at radius 1 is 1.32 bits per heavy atom. The summed E-state index contributed by atoms with van der Waals surface area (Å²) >= 11 is 1.47. The van der Waals surface area contributed by atoms with Crippen molar-refractivity contribution in [3.63, 3.8) is 0 Å². The fourth-order valence-electron chi connectivity index (χ4n) is 3.33. The van der Waals surface area contributed by atoms with Crippen LogP contribution in [0.2, 0.25) is 0 Å².